The first-order valence-electron chi connectivity index (χ1n) is 7.47. The van der Waals surface area contributed by atoms with Crippen LogP contribution in [0.15, 0.2) is 48.5 Å². The van der Waals surface area contributed by atoms with Gasteiger partial charge in [0.25, 0.3) is 5.91 Å². The zero-order valence-electron chi connectivity index (χ0n) is 12.8. The number of ether oxygens (including phenoxy) is 1. The van der Waals surface area contributed by atoms with Crippen LogP contribution in [0.3, 0.4) is 0 Å². The van der Waals surface area contributed by atoms with Gasteiger partial charge in [0.2, 0.25) is 0 Å². The SMILES string of the molecule is O=C(NCC1(F)COC1)c1ccc(C#Cc2ccccc2F)cc1. The molecule has 0 unspecified atom stereocenters. The predicted molar refractivity (Wildman–Crippen MR) is 85.8 cm³/mol. The molecule has 3 nitrogen and oxygen atoms in total. The second-order valence-corrected chi connectivity index (χ2v) is 5.63. The molecule has 1 saturated heterocycles. The molecule has 3 rings (SSSR count). The molecule has 1 fully saturated rings. The normalized spacial score (nSPS) is 14.9. The highest BCUT2D eigenvalue weighted by Gasteiger charge is 2.38. The van der Waals surface area contributed by atoms with E-state index in [-0.39, 0.29) is 31.5 Å². The summed E-state index contributed by atoms with van der Waals surface area (Å²) in [5.41, 5.74) is -0.0735. The van der Waals surface area contributed by atoms with Gasteiger partial charge in [-0.2, -0.15) is 0 Å². The van der Waals surface area contributed by atoms with Crippen LogP contribution < -0.4 is 5.32 Å². The molecule has 5 heteroatoms. The van der Waals surface area contributed by atoms with Gasteiger partial charge in [-0.3, -0.25) is 4.79 Å². The van der Waals surface area contributed by atoms with E-state index in [2.05, 4.69) is 17.2 Å². The van der Waals surface area contributed by atoms with Gasteiger partial charge in [-0.05, 0) is 36.4 Å². The predicted octanol–water partition coefficient (Wildman–Crippen LogP) is 2.69. The zero-order chi connectivity index (χ0) is 17.0. The number of nitrogens with one attached hydrogen (secondary N) is 1. The van der Waals surface area contributed by atoms with Gasteiger partial charge >= 0.3 is 0 Å². The Labute approximate surface area is 138 Å². The molecule has 24 heavy (non-hydrogen) atoms. The summed E-state index contributed by atoms with van der Waals surface area (Å²) in [6.45, 7) is -0.0453. The molecule has 0 aromatic heterocycles. The van der Waals surface area contributed by atoms with E-state index in [1.807, 2.05) is 0 Å². The minimum Gasteiger partial charge on any atom is -0.374 e. The number of halogens is 2. The molecular weight excluding hydrogens is 312 g/mol. The van der Waals surface area contributed by atoms with Crippen LogP contribution in [0.25, 0.3) is 0 Å². The highest BCUT2D eigenvalue weighted by molar-refractivity contribution is 5.94. The lowest BCUT2D eigenvalue weighted by molar-refractivity contribution is -0.126. The van der Waals surface area contributed by atoms with Crippen molar-refractivity contribution in [1.29, 1.82) is 0 Å². The van der Waals surface area contributed by atoms with Crippen LogP contribution in [0.5, 0.6) is 0 Å². The van der Waals surface area contributed by atoms with Crippen LogP contribution in [0.1, 0.15) is 21.5 Å². The molecule has 1 heterocycles. The third kappa shape index (κ3) is 3.79. The topological polar surface area (TPSA) is 38.3 Å². The number of amides is 1. The van der Waals surface area contributed by atoms with E-state index in [4.69, 9.17) is 4.74 Å². The summed E-state index contributed by atoms with van der Waals surface area (Å²) in [5, 5.41) is 2.55. The van der Waals surface area contributed by atoms with Crippen molar-refractivity contribution in [3.05, 3.63) is 71.0 Å². The monoisotopic (exact) mass is 327 g/mol. The van der Waals surface area contributed by atoms with Gasteiger partial charge in [-0.25, -0.2) is 8.78 Å². The third-order valence-electron chi connectivity index (χ3n) is 3.65. The summed E-state index contributed by atoms with van der Waals surface area (Å²) < 4.78 is 32.0. The highest BCUT2D eigenvalue weighted by Crippen LogP contribution is 2.20. The smallest absolute Gasteiger partial charge is 0.251 e. The van der Waals surface area contributed by atoms with Crippen molar-refractivity contribution >= 4 is 5.91 Å². The molecule has 2 aromatic carbocycles. The number of carbonyl (C=O) groups is 1. The number of alkyl halides is 1. The lowest BCUT2D eigenvalue weighted by atomic mass is 10.0. The maximum atomic E-state index is 13.8. The van der Waals surface area contributed by atoms with Gasteiger partial charge in [-0.1, -0.05) is 24.0 Å². The molecule has 0 aliphatic carbocycles. The molecule has 1 amide bonds. The van der Waals surface area contributed by atoms with Gasteiger partial charge in [-0.15, -0.1) is 0 Å². The van der Waals surface area contributed by atoms with Gasteiger partial charge in [0.1, 0.15) is 5.82 Å². The van der Waals surface area contributed by atoms with Crippen molar-refractivity contribution in [2.45, 2.75) is 5.67 Å². The Bertz CT molecular complexity index is 802. The quantitative estimate of drug-likeness (QED) is 0.881. The summed E-state index contributed by atoms with van der Waals surface area (Å²) in [4.78, 5) is 12.0. The van der Waals surface area contributed by atoms with E-state index in [1.54, 1.807) is 42.5 Å². The van der Waals surface area contributed by atoms with Crippen LogP contribution in [-0.2, 0) is 4.74 Å². The first kappa shape index (κ1) is 16.2. The fourth-order valence-corrected chi connectivity index (χ4v) is 2.17. The van der Waals surface area contributed by atoms with Gasteiger partial charge < -0.3 is 10.1 Å². The minimum absolute atomic E-state index is 0.0118. The van der Waals surface area contributed by atoms with Gasteiger partial charge in [0.05, 0.1) is 25.3 Å². The first-order chi connectivity index (χ1) is 11.6. The summed E-state index contributed by atoms with van der Waals surface area (Å²) in [6.07, 6.45) is 0. The van der Waals surface area contributed by atoms with Crippen LogP contribution in [0.2, 0.25) is 0 Å². The first-order valence-corrected chi connectivity index (χ1v) is 7.47. The summed E-state index contributed by atoms with van der Waals surface area (Å²) in [5.74, 6) is 4.87. The van der Waals surface area contributed by atoms with E-state index in [9.17, 15) is 13.6 Å². The average Bonchev–Trinajstić information content (AvgIpc) is 2.58. The van der Waals surface area contributed by atoms with Crippen molar-refractivity contribution in [3.8, 4) is 11.8 Å². The molecule has 0 spiro atoms. The average molecular weight is 327 g/mol. The lowest BCUT2D eigenvalue weighted by Gasteiger charge is -2.33. The molecule has 2 aromatic rings. The maximum Gasteiger partial charge on any atom is 0.251 e. The highest BCUT2D eigenvalue weighted by atomic mass is 19.1. The molecule has 1 aliphatic rings. The van der Waals surface area contributed by atoms with Crippen molar-refractivity contribution in [2.75, 3.05) is 19.8 Å². The van der Waals surface area contributed by atoms with E-state index in [0.29, 0.717) is 16.7 Å². The van der Waals surface area contributed by atoms with E-state index < -0.39 is 5.67 Å². The standard InChI is InChI=1S/C19H15F2NO2/c20-17-4-2-1-3-15(17)8-5-14-6-9-16(10-7-14)18(23)22-11-19(21)12-24-13-19/h1-4,6-7,9-10H,11-13H2,(H,22,23). The Morgan fingerprint density at radius 2 is 1.83 bits per heavy atom. The molecular formula is C19H15F2NO2. The fraction of sp³-hybridized carbons (Fsp3) is 0.211. The largest absolute Gasteiger partial charge is 0.374 e. The number of carbonyl (C=O) groups excluding carboxylic acids is 1. The van der Waals surface area contributed by atoms with E-state index in [1.165, 1.54) is 6.07 Å². The fourth-order valence-electron chi connectivity index (χ4n) is 2.17. The van der Waals surface area contributed by atoms with Gasteiger partial charge in [0.15, 0.2) is 5.67 Å². The Balaban J connectivity index is 1.63. The molecule has 122 valence electrons. The van der Waals surface area contributed by atoms with E-state index >= 15 is 0 Å². The van der Waals surface area contributed by atoms with Crippen molar-refractivity contribution in [3.63, 3.8) is 0 Å². The van der Waals surface area contributed by atoms with Gasteiger partial charge in [0, 0.05) is 11.1 Å². The van der Waals surface area contributed by atoms with Crippen molar-refractivity contribution < 1.29 is 18.3 Å². The number of hydrogen-bond donors (Lipinski definition) is 1. The third-order valence-corrected chi connectivity index (χ3v) is 3.65. The van der Waals surface area contributed by atoms with Crippen LogP contribution >= 0.6 is 0 Å². The van der Waals surface area contributed by atoms with E-state index in [0.717, 1.165) is 0 Å². The lowest BCUT2D eigenvalue weighted by Crippen LogP contribution is -2.53. The second kappa shape index (κ2) is 6.81. The molecule has 0 bridgehead atoms. The van der Waals surface area contributed by atoms with Crippen molar-refractivity contribution in [1.82, 2.24) is 5.32 Å². The molecule has 1 N–H and O–H groups in total. The summed E-state index contributed by atoms with van der Waals surface area (Å²) in [6, 6.07) is 12.8. The zero-order valence-corrected chi connectivity index (χ0v) is 12.8. The Morgan fingerprint density at radius 3 is 2.46 bits per heavy atom. The molecule has 0 atom stereocenters. The molecule has 0 radical (unpaired) electrons. The summed E-state index contributed by atoms with van der Waals surface area (Å²) in [7, 11) is 0. The Kier molecular flexibility index (Phi) is 4.59. The Hall–Kier alpha value is -2.71. The minimum atomic E-state index is -1.46. The number of hydrogen-bond acceptors (Lipinski definition) is 2. The maximum absolute atomic E-state index is 13.8. The molecule has 0 saturated carbocycles. The number of rotatable bonds is 3. The second-order valence-electron chi connectivity index (χ2n) is 5.63. The molecule has 1 aliphatic heterocycles. The Morgan fingerprint density at radius 1 is 1.12 bits per heavy atom. The summed E-state index contributed by atoms with van der Waals surface area (Å²) >= 11 is 0. The van der Waals surface area contributed by atoms with Crippen molar-refractivity contribution in [2.24, 2.45) is 0 Å². The van der Waals surface area contributed by atoms with Crippen LogP contribution in [0, 0.1) is 17.7 Å². The van der Waals surface area contributed by atoms with Crippen LogP contribution in [0.4, 0.5) is 8.78 Å². The van der Waals surface area contributed by atoms with Crippen LogP contribution in [-0.4, -0.2) is 31.3 Å². The number of benzene rings is 2.